The molecule has 1 nitrogen and oxygen atoms in total. The summed E-state index contributed by atoms with van der Waals surface area (Å²) in [6.45, 7) is 12.0. The predicted molar refractivity (Wildman–Crippen MR) is 126 cm³/mol. The number of hydrogen-bond acceptors (Lipinski definition) is 1. The first-order valence-electron chi connectivity index (χ1n) is 10.7. The van der Waals surface area contributed by atoms with Crippen LogP contribution in [0.5, 0.6) is 0 Å². The second-order valence-corrected chi connectivity index (χ2v) is 9.78. The molecule has 0 amide bonds. The lowest BCUT2D eigenvalue weighted by Crippen LogP contribution is -2.33. The van der Waals surface area contributed by atoms with Crippen molar-refractivity contribution in [1.29, 1.82) is 0 Å². The Morgan fingerprint density at radius 1 is 0.966 bits per heavy atom. The van der Waals surface area contributed by atoms with Crippen LogP contribution in [0.25, 0.3) is 11.1 Å². The Kier molecular flexibility index (Phi) is 5.99. The molecule has 0 spiro atoms. The van der Waals surface area contributed by atoms with Crippen LogP contribution >= 0.6 is 11.6 Å². The summed E-state index contributed by atoms with van der Waals surface area (Å²) in [6, 6.07) is 17.0. The van der Waals surface area contributed by atoms with Crippen LogP contribution in [0.1, 0.15) is 56.2 Å². The van der Waals surface area contributed by atoms with E-state index in [9.17, 15) is 0 Å². The lowest BCUT2D eigenvalue weighted by atomic mass is 9.72. The van der Waals surface area contributed by atoms with E-state index in [2.05, 4.69) is 68.1 Å². The fraction of sp³-hybridized carbons (Fsp3) is 0.370. The van der Waals surface area contributed by atoms with Crippen molar-refractivity contribution in [1.82, 2.24) is 4.90 Å². The van der Waals surface area contributed by atoms with Gasteiger partial charge < -0.3 is 0 Å². The van der Waals surface area contributed by atoms with Crippen LogP contribution in [-0.4, -0.2) is 24.5 Å². The maximum atomic E-state index is 6.13. The number of halogens is 1. The summed E-state index contributed by atoms with van der Waals surface area (Å²) >= 11 is 6.13. The molecule has 1 heterocycles. The molecule has 0 atom stereocenters. The highest BCUT2D eigenvalue weighted by Crippen LogP contribution is 2.43. The first-order chi connectivity index (χ1) is 13.9. The normalized spacial score (nSPS) is 19.9. The SMILES string of the molecule is [CH2]c1ccc(C2=CCN(CC3=C(c4ccc(Cl)cc4)CCC(C)(C)C3)CC2)cc1. The molecule has 0 bridgehead atoms. The predicted octanol–water partition coefficient (Wildman–Crippen LogP) is 7.28. The maximum Gasteiger partial charge on any atom is 0.0406 e. The lowest BCUT2D eigenvalue weighted by Gasteiger charge is -2.36. The van der Waals surface area contributed by atoms with E-state index in [0.717, 1.165) is 43.1 Å². The molecule has 151 valence electrons. The fourth-order valence-corrected chi connectivity index (χ4v) is 4.80. The largest absolute Gasteiger partial charge is 0.295 e. The summed E-state index contributed by atoms with van der Waals surface area (Å²) < 4.78 is 0. The Hall–Kier alpha value is -1.83. The first-order valence-corrected chi connectivity index (χ1v) is 11.1. The second-order valence-electron chi connectivity index (χ2n) is 9.34. The van der Waals surface area contributed by atoms with Crippen molar-refractivity contribution in [2.24, 2.45) is 5.41 Å². The van der Waals surface area contributed by atoms with Crippen LogP contribution in [0, 0.1) is 12.3 Å². The van der Waals surface area contributed by atoms with Gasteiger partial charge in [0, 0.05) is 24.7 Å². The van der Waals surface area contributed by atoms with Gasteiger partial charge in [-0.1, -0.05) is 73.5 Å². The zero-order valence-electron chi connectivity index (χ0n) is 17.7. The molecule has 0 aromatic heterocycles. The number of hydrogen-bond donors (Lipinski definition) is 0. The molecule has 2 heteroatoms. The van der Waals surface area contributed by atoms with Crippen LogP contribution in [0.15, 0.2) is 60.2 Å². The number of rotatable bonds is 4. The molecule has 1 aliphatic heterocycles. The summed E-state index contributed by atoms with van der Waals surface area (Å²) in [5, 5.41) is 0.813. The van der Waals surface area contributed by atoms with Gasteiger partial charge in [-0.2, -0.15) is 0 Å². The Morgan fingerprint density at radius 2 is 1.66 bits per heavy atom. The van der Waals surface area contributed by atoms with Gasteiger partial charge in [-0.3, -0.25) is 4.90 Å². The van der Waals surface area contributed by atoms with E-state index in [0.29, 0.717) is 5.41 Å². The molecule has 0 saturated carbocycles. The highest BCUT2D eigenvalue weighted by atomic mass is 35.5. The van der Waals surface area contributed by atoms with E-state index in [1.54, 1.807) is 11.1 Å². The molecule has 0 N–H and O–H groups in total. The van der Waals surface area contributed by atoms with Gasteiger partial charge >= 0.3 is 0 Å². The molecular formula is C27H31ClN. The lowest BCUT2D eigenvalue weighted by molar-refractivity contribution is 0.283. The molecule has 0 unspecified atom stereocenters. The molecular weight excluding hydrogens is 374 g/mol. The molecule has 1 aliphatic carbocycles. The zero-order valence-corrected chi connectivity index (χ0v) is 18.4. The minimum absolute atomic E-state index is 0.387. The third kappa shape index (κ3) is 5.02. The van der Waals surface area contributed by atoms with Crippen LogP contribution in [0.2, 0.25) is 5.02 Å². The van der Waals surface area contributed by atoms with Crippen molar-refractivity contribution in [3.05, 3.63) is 88.8 Å². The molecule has 2 aromatic carbocycles. The van der Waals surface area contributed by atoms with Crippen LogP contribution < -0.4 is 0 Å². The summed E-state index contributed by atoms with van der Waals surface area (Å²) in [5.74, 6) is 0. The maximum absolute atomic E-state index is 6.13. The average molecular weight is 405 g/mol. The fourth-order valence-electron chi connectivity index (χ4n) is 4.67. The van der Waals surface area contributed by atoms with Crippen molar-refractivity contribution in [3.8, 4) is 0 Å². The Bertz CT molecular complexity index is 916. The van der Waals surface area contributed by atoms with Gasteiger partial charge in [-0.05, 0) is 78.0 Å². The molecule has 29 heavy (non-hydrogen) atoms. The van der Waals surface area contributed by atoms with Crippen LogP contribution in [0.3, 0.4) is 0 Å². The average Bonchev–Trinajstić information content (AvgIpc) is 2.70. The van der Waals surface area contributed by atoms with Gasteiger partial charge in [0.1, 0.15) is 0 Å². The quantitative estimate of drug-likeness (QED) is 0.517. The molecule has 0 saturated heterocycles. The van der Waals surface area contributed by atoms with E-state index in [-0.39, 0.29) is 0 Å². The van der Waals surface area contributed by atoms with Crippen molar-refractivity contribution in [2.45, 2.75) is 39.5 Å². The van der Waals surface area contributed by atoms with Gasteiger partial charge in [-0.25, -0.2) is 0 Å². The van der Waals surface area contributed by atoms with E-state index in [4.69, 9.17) is 11.6 Å². The van der Waals surface area contributed by atoms with Crippen LogP contribution in [-0.2, 0) is 0 Å². The number of allylic oxidation sites excluding steroid dienone is 1. The molecule has 2 aliphatic rings. The van der Waals surface area contributed by atoms with Gasteiger partial charge in [-0.15, -0.1) is 0 Å². The monoisotopic (exact) mass is 404 g/mol. The van der Waals surface area contributed by atoms with E-state index in [1.807, 2.05) is 12.1 Å². The van der Waals surface area contributed by atoms with Gasteiger partial charge in [0.05, 0.1) is 0 Å². The summed E-state index contributed by atoms with van der Waals surface area (Å²) in [6.07, 6.45) is 7.13. The zero-order chi connectivity index (χ0) is 20.4. The molecule has 2 aromatic rings. The van der Waals surface area contributed by atoms with E-state index in [1.165, 1.54) is 29.5 Å². The first kappa shape index (κ1) is 20.4. The minimum Gasteiger partial charge on any atom is -0.295 e. The molecule has 1 radical (unpaired) electrons. The second kappa shape index (κ2) is 8.50. The van der Waals surface area contributed by atoms with Gasteiger partial charge in [0.15, 0.2) is 0 Å². The molecule has 0 fully saturated rings. The smallest absolute Gasteiger partial charge is 0.0406 e. The Labute approximate surface area is 181 Å². The third-order valence-corrected chi connectivity index (χ3v) is 6.65. The molecule has 4 rings (SSSR count). The summed E-state index contributed by atoms with van der Waals surface area (Å²) in [7, 11) is 0. The van der Waals surface area contributed by atoms with Crippen LogP contribution in [0.4, 0.5) is 0 Å². The number of benzene rings is 2. The van der Waals surface area contributed by atoms with Crippen molar-refractivity contribution < 1.29 is 0 Å². The third-order valence-electron chi connectivity index (χ3n) is 6.40. The highest BCUT2D eigenvalue weighted by molar-refractivity contribution is 6.30. The highest BCUT2D eigenvalue weighted by Gasteiger charge is 2.28. The summed E-state index contributed by atoms with van der Waals surface area (Å²) in [5.41, 5.74) is 8.78. The van der Waals surface area contributed by atoms with Gasteiger partial charge in [0.2, 0.25) is 0 Å². The standard InChI is InChI=1S/C27H31ClN/c1-20-4-6-21(7-5-20)22-13-16-29(17-14-22)19-24-18-27(2,3)15-12-26(24)23-8-10-25(28)11-9-23/h4-11,13H,1,12,14-19H2,2-3H3. The Balaban J connectivity index is 1.52. The summed E-state index contributed by atoms with van der Waals surface area (Å²) in [4.78, 5) is 2.60. The van der Waals surface area contributed by atoms with Crippen molar-refractivity contribution in [2.75, 3.05) is 19.6 Å². The van der Waals surface area contributed by atoms with E-state index < -0.39 is 0 Å². The van der Waals surface area contributed by atoms with Gasteiger partial charge in [0.25, 0.3) is 0 Å². The van der Waals surface area contributed by atoms with E-state index >= 15 is 0 Å². The Morgan fingerprint density at radius 3 is 2.31 bits per heavy atom. The minimum atomic E-state index is 0.387. The van der Waals surface area contributed by atoms with Crippen molar-refractivity contribution in [3.63, 3.8) is 0 Å². The number of nitrogens with zero attached hydrogens (tertiary/aromatic N) is 1. The topological polar surface area (TPSA) is 3.24 Å². The van der Waals surface area contributed by atoms with Crippen molar-refractivity contribution >= 4 is 22.7 Å².